The summed E-state index contributed by atoms with van der Waals surface area (Å²) in [5.41, 5.74) is 2.70. The molecule has 2 amide bonds. The Kier molecular flexibility index (Phi) is 10.7. The molecule has 0 saturated carbocycles. The molecule has 0 bridgehead atoms. The maximum Gasteiger partial charge on any atom is 0.243 e. The lowest BCUT2D eigenvalue weighted by Crippen LogP contribution is -2.40. The predicted molar refractivity (Wildman–Crippen MR) is 163 cm³/mol. The standard InChI is InChI=1S/C30H42N4O6S2/c1-7-41(37,38)31-19-25-16-17-34(21-25)42(39,40)27-14-10-23(11-15-27)18-28(35)33(22-29(36)32(5)6)20-24-8-12-26(13-9-24)30(2,3)4/h7-15,25,31H,1,16-22H2,2-6H3/t25-/m1/s1. The van der Waals surface area contributed by atoms with Crippen molar-refractivity contribution in [2.24, 2.45) is 5.92 Å². The summed E-state index contributed by atoms with van der Waals surface area (Å²) in [7, 11) is -4.07. The second kappa shape index (κ2) is 13.5. The molecule has 42 heavy (non-hydrogen) atoms. The lowest BCUT2D eigenvalue weighted by Gasteiger charge is -2.25. The van der Waals surface area contributed by atoms with Gasteiger partial charge in [-0.05, 0) is 46.6 Å². The second-order valence-electron chi connectivity index (χ2n) is 11.9. The Bertz CT molecular complexity index is 1480. The van der Waals surface area contributed by atoms with Gasteiger partial charge in [-0.25, -0.2) is 21.6 Å². The third-order valence-corrected chi connectivity index (χ3v) is 10.2. The first-order valence-electron chi connectivity index (χ1n) is 13.8. The molecule has 2 aromatic carbocycles. The SMILES string of the molecule is C=CS(=O)(=O)NC[C@H]1CCN(S(=O)(=O)c2ccc(CC(=O)N(CC(=O)N(C)C)Cc3ccc(C(C)(C)C)cc3)cc2)C1. The number of nitrogens with one attached hydrogen (secondary N) is 1. The lowest BCUT2D eigenvalue weighted by molar-refractivity contribution is -0.139. The first-order chi connectivity index (χ1) is 19.5. The van der Waals surface area contributed by atoms with Gasteiger partial charge in [-0.3, -0.25) is 9.59 Å². The monoisotopic (exact) mass is 618 g/mol. The van der Waals surface area contributed by atoms with Crippen molar-refractivity contribution in [3.63, 3.8) is 0 Å². The zero-order chi connectivity index (χ0) is 31.3. The van der Waals surface area contributed by atoms with Gasteiger partial charge in [0.2, 0.25) is 31.9 Å². The lowest BCUT2D eigenvalue weighted by atomic mass is 9.87. The summed E-state index contributed by atoms with van der Waals surface area (Å²) >= 11 is 0. The highest BCUT2D eigenvalue weighted by Crippen LogP contribution is 2.25. The summed E-state index contributed by atoms with van der Waals surface area (Å²) in [6, 6.07) is 14.2. The third-order valence-electron chi connectivity index (χ3n) is 7.33. The Morgan fingerprint density at radius 3 is 2.12 bits per heavy atom. The number of carbonyl (C=O) groups excluding carboxylic acids is 2. The van der Waals surface area contributed by atoms with Gasteiger partial charge < -0.3 is 9.80 Å². The van der Waals surface area contributed by atoms with Gasteiger partial charge in [0.15, 0.2) is 0 Å². The van der Waals surface area contributed by atoms with Crippen molar-refractivity contribution in [3.05, 3.63) is 77.2 Å². The van der Waals surface area contributed by atoms with Gasteiger partial charge in [0, 0.05) is 45.7 Å². The fourth-order valence-electron chi connectivity index (χ4n) is 4.56. The van der Waals surface area contributed by atoms with E-state index in [9.17, 15) is 26.4 Å². The molecule has 0 radical (unpaired) electrons. The van der Waals surface area contributed by atoms with E-state index in [1.165, 1.54) is 31.8 Å². The molecule has 0 unspecified atom stereocenters. The molecule has 1 N–H and O–H groups in total. The quantitative estimate of drug-likeness (QED) is 0.390. The van der Waals surface area contributed by atoms with E-state index in [1.54, 1.807) is 26.2 Å². The van der Waals surface area contributed by atoms with E-state index in [2.05, 4.69) is 32.1 Å². The largest absolute Gasteiger partial charge is 0.347 e. The first kappa shape index (κ1) is 33.4. The van der Waals surface area contributed by atoms with Gasteiger partial charge in [-0.15, -0.1) is 0 Å². The zero-order valence-corrected chi connectivity index (χ0v) is 26.7. The van der Waals surface area contributed by atoms with Crippen LogP contribution in [0.25, 0.3) is 0 Å². The van der Waals surface area contributed by atoms with Crippen molar-refractivity contribution in [1.29, 1.82) is 0 Å². The molecule has 230 valence electrons. The smallest absolute Gasteiger partial charge is 0.243 e. The molecule has 12 heteroatoms. The van der Waals surface area contributed by atoms with Crippen LogP contribution in [0.1, 0.15) is 43.9 Å². The van der Waals surface area contributed by atoms with Gasteiger partial charge in [0.25, 0.3) is 0 Å². The van der Waals surface area contributed by atoms with E-state index in [-0.39, 0.29) is 67.2 Å². The topological polar surface area (TPSA) is 124 Å². The van der Waals surface area contributed by atoms with E-state index in [1.807, 2.05) is 24.3 Å². The molecule has 1 aliphatic rings. The molecule has 0 aliphatic carbocycles. The first-order valence-corrected chi connectivity index (χ1v) is 16.8. The van der Waals surface area contributed by atoms with Crippen LogP contribution in [-0.4, -0.2) is 83.0 Å². The van der Waals surface area contributed by atoms with E-state index < -0.39 is 20.0 Å². The number of sulfonamides is 2. The number of amides is 2. The molecule has 2 aromatic rings. The second-order valence-corrected chi connectivity index (χ2v) is 15.5. The van der Waals surface area contributed by atoms with Gasteiger partial charge in [0.05, 0.1) is 11.3 Å². The maximum atomic E-state index is 13.4. The van der Waals surface area contributed by atoms with Crippen molar-refractivity contribution >= 4 is 31.9 Å². The fraction of sp³-hybridized carbons (Fsp3) is 0.467. The molecule has 0 spiro atoms. The fourth-order valence-corrected chi connectivity index (χ4v) is 6.67. The van der Waals surface area contributed by atoms with E-state index >= 15 is 0 Å². The van der Waals surface area contributed by atoms with E-state index in [0.717, 1.165) is 11.0 Å². The molecule has 1 heterocycles. The molecule has 0 aromatic heterocycles. The van der Waals surface area contributed by atoms with Gasteiger partial charge >= 0.3 is 0 Å². The molecular formula is C30H42N4O6S2. The Morgan fingerprint density at radius 1 is 0.976 bits per heavy atom. The summed E-state index contributed by atoms with van der Waals surface area (Å²) in [4.78, 5) is 28.9. The minimum atomic E-state index is -3.78. The van der Waals surface area contributed by atoms with Crippen LogP contribution in [0.5, 0.6) is 0 Å². The Balaban J connectivity index is 1.68. The van der Waals surface area contributed by atoms with Crippen molar-refractivity contribution < 1.29 is 26.4 Å². The average molecular weight is 619 g/mol. The molecular weight excluding hydrogens is 576 g/mol. The number of nitrogens with zero attached hydrogens (tertiary/aromatic N) is 3. The molecule has 1 saturated heterocycles. The van der Waals surface area contributed by atoms with E-state index in [4.69, 9.17) is 0 Å². The number of likely N-dealkylation sites (N-methyl/N-ethyl adjacent to an activating group) is 1. The highest BCUT2D eigenvalue weighted by molar-refractivity contribution is 7.92. The van der Waals surface area contributed by atoms with Crippen LogP contribution in [0.3, 0.4) is 0 Å². The molecule has 1 fully saturated rings. The molecule has 10 nitrogen and oxygen atoms in total. The Labute approximate surface area is 250 Å². The maximum absolute atomic E-state index is 13.4. The van der Waals surface area contributed by atoms with Crippen LogP contribution in [0, 0.1) is 5.92 Å². The Morgan fingerprint density at radius 2 is 1.57 bits per heavy atom. The molecule has 3 rings (SSSR count). The van der Waals surface area contributed by atoms with Gasteiger partial charge in [0.1, 0.15) is 6.54 Å². The van der Waals surface area contributed by atoms with Crippen molar-refractivity contribution in [2.45, 2.75) is 50.5 Å². The van der Waals surface area contributed by atoms with Crippen LogP contribution < -0.4 is 4.72 Å². The van der Waals surface area contributed by atoms with Gasteiger partial charge in [-0.2, -0.15) is 4.31 Å². The van der Waals surface area contributed by atoms with Gasteiger partial charge in [-0.1, -0.05) is 63.7 Å². The Hall–Kier alpha value is -3.06. The molecule has 1 atom stereocenters. The minimum absolute atomic E-state index is 0.00312. The van der Waals surface area contributed by atoms with E-state index in [0.29, 0.717) is 12.0 Å². The van der Waals surface area contributed by atoms with Crippen LogP contribution in [0.15, 0.2) is 65.4 Å². The van der Waals surface area contributed by atoms with Crippen LogP contribution in [0.4, 0.5) is 0 Å². The number of benzene rings is 2. The van der Waals surface area contributed by atoms with Crippen LogP contribution >= 0.6 is 0 Å². The highest BCUT2D eigenvalue weighted by atomic mass is 32.2. The minimum Gasteiger partial charge on any atom is -0.347 e. The summed E-state index contributed by atoms with van der Waals surface area (Å²) < 4.78 is 53.4. The van der Waals surface area contributed by atoms with Crippen molar-refractivity contribution in [2.75, 3.05) is 40.3 Å². The highest BCUT2D eigenvalue weighted by Gasteiger charge is 2.33. The van der Waals surface area contributed by atoms with Crippen molar-refractivity contribution in [3.8, 4) is 0 Å². The summed E-state index contributed by atoms with van der Waals surface area (Å²) in [6.07, 6.45) is 0.544. The summed E-state index contributed by atoms with van der Waals surface area (Å²) in [5.74, 6) is -0.589. The molecule has 1 aliphatic heterocycles. The number of hydrogen-bond donors (Lipinski definition) is 1. The van der Waals surface area contributed by atoms with Crippen LogP contribution in [-0.2, 0) is 48.0 Å². The number of hydrogen-bond acceptors (Lipinski definition) is 6. The third kappa shape index (κ3) is 8.97. The number of carbonyl (C=O) groups is 2. The summed E-state index contributed by atoms with van der Waals surface area (Å²) in [6.45, 7) is 10.5. The van der Waals surface area contributed by atoms with Crippen LogP contribution in [0.2, 0.25) is 0 Å². The number of rotatable bonds is 12. The van der Waals surface area contributed by atoms with Crippen molar-refractivity contribution in [1.82, 2.24) is 18.8 Å². The predicted octanol–water partition coefficient (Wildman–Crippen LogP) is 2.72. The average Bonchev–Trinajstić information content (AvgIpc) is 3.42. The summed E-state index contributed by atoms with van der Waals surface area (Å²) in [5, 5.41) is 0.826. The zero-order valence-electron chi connectivity index (χ0n) is 25.0. The normalized spacial score (nSPS) is 16.3.